The zero-order valence-electron chi connectivity index (χ0n) is 14.3. The molecule has 3 N–H and O–H groups in total. The van der Waals surface area contributed by atoms with Crippen LogP contribution in [0, 0.1) is 11.6 Å². The SMILES string of the molecule is CO[C@H]1OC(CN=[N+]=[N-])[C@H](O)[C@H](O)C1NC(=O)c1cc(F)c(N=[N+]=[N-])c(F)c1. The van der Waals surface area contributed by atoms with Gasteiger partial charge in [0.1, 0.15) is 35.6 Å². The molecule has 0 aromatic heterocycles. The summed E-state index contributed by atoms with van der Waals surface area (Å²) in [5.41, 5.74) is 15.3. The fourth-order valence-electron chi connectivity index (χ4n) is 2.63. The molecule has 14 heteroatoms. The van der Waals surface area contributed by atoms with Gasteiger partial charge in [0.05, 0.1) is 12.6 Å². The standard InChI is InChI=1S/C14H15F2N7O5/c1-27-14-10(12(25)11(24)8(28-14)4-19-22-17)20-13(26)5-2-6(15)9(21-23-18)7(16)3-5/h2-3,8,10-12,14,24-25H,4H2,1H3,(H,20,26)/t8?,10?,11-,12+,14-/m0/s1. The summed E-state index contributed by atoms with van der Waals surface area (Å²) in [6.07, 6.45) is -5.48. The number of hydrogen-bond donors (Lipinski definition) is 3. The lowest BCUT2D eigenvalue weighted by atomic mass is 9.96. The van der Waals surface area contributed by atoms with Crippen LogP contribution >= 0.6 is 0 Å². The predicted octanol–water partition coefficient (Wildman–Crippen LogP) is 1.41. The number of aliphatic hydroxyl groups excluding tert-OH is 2. The van der Waals surface area contributed by atoms with E-state index in [2.05, 4.69) is 25.4 Å². The van der Waals surface area contributed by atoms with Crippen LogP contribution in [0.15, 0.2) is 22.4 Å². The summed E-state index contributed by atoms with van der Waals surface area (Å²) < 4.78 is 38.0. The molecule has 1 saturated heterocycles. The monoisotopic (exact) mass is 399 g/mol. The number of halogens is 2. The van der Waals surface area contributed by atoms with Crippen molar-refractivity contribution < 1.29 is 33.3 Å². The maximum atomic E-state index is 13.8. The highest BCUT2D eigenvalue weighted by molar-refractivity contribution is 5.94. The Morgan fingerprint density at radius 3 is 2.46 bits per heavy atom. The molecule has 1 heterocycles. The average Bonchev–Trinajstić information content (AvgIpc) is 2.67. The Labute approximate surface area is 155 Å². The highest BCUT2D eigenvalue weighted by atomic mass is 19.1. The zero-order valence-corrected chi connectivity index (χ0v) is 14.3. The van der Waals surface area contributed by atoms with Crippen molar-refractivity contribution in [2.24, 2.45) is 10.2 Å². The minimum absolute atomic E-state index is 0.299. The Morgan fingerprint density at radius 2 is 1.93 bits per heavy atom. The number of nitrogens with zero attached hydrogens (tertiary/aromatic N) is 6. The van der Waals surface area contributed by atoms with E-state index in [1.165, 1.54) is 7.11 Å². The van der Waals surface area contributed by atoms with Crippen LogP contribution in [0.5, 0.6) is 0 Å². The van der Waals surface area contributed by atoms with E-state index in [0.29, 0.717) is 12.1 Å². The Hall–Kier alpha value is -2.99. The molecule has 1 fully saturated rings. The number of methoxy groups -OCH3 is 1. The molecule has 2 unspecified atom stereocenters. The number of carbonyl (C=O) groups excluding carboxylic acids is 1. The molecular weight excluding hydrogens is 384 g/mol. The van der Waals surface area contributed by atoms with Gasteiger partial charge in [0.25, 0.3) is 5.91 Å². The summed E-state index contributed by atoms with van der Waals surface area (Å²) >= 11 is 0. The van der Waals surface area contributed by atoms with Gasteiger partial charge in [0.15, 0.2) is 6.29 Å². The fourth-order valence-corrected chi connectivity index (χ4v) is 2.63. The lowest BCUT2D eigenvalue weighted by Gasteiger charge is -2.42. The number of hydrogen-bond acceptors (Lipinski definition) is 7. The van der Waals surface area contributed by atoms with Gasteiger partial charge in [-0.1, -0.05) is 10.2 Å². The van der Waals surface area contributed by atoms with Gasteiger partial charge in [-0.15, -0.1) is 0 Å². The first-order valence-corrected chi connectivity index (χ1v) is 7.74. The quantitative estimate of drug-likeness (QED) is 0.370. The van der Waals surface area contributed by atoms with Gasteiger partial charge in [-0.25, -0.2) is 8.78 Å². The minimum Gasteiger partial charge on any atom is -0.388 e. The number of rotatable bonds is 6. The highest BCUT2D eigenvalue weighted by Crippen LogP contribution is 2.25. The van der Waals surface area contributed by atoms with E-state index in [1.54, 1.807) is 0 Å². The lowest BCUT2D eigenvalue weighted by molar-refractivity contribution is -0.252. The third-order valence-electron chi connectivity index (χ3n) is 3.98. The van der Waals surface area contributed by atoms with E-state index >= 15 is 0 Å². The topological polar surface area (TPSA) is 186 Å². The Morgan fingerprint density at radius 1 is 1.29 bits per heavy atom. The van der Waals surface area contributed by atoms with Gasteiger partial charge >= 0.3 is 0 Å². The van der Waals surface area contributed by atoms with Crippen molar-refractivity contribution in [3.8, 4) is 0 Å². The maximum absolute atomic E-state index is 13.8. The summed E-state index contributed by atoms with van der Waals surface area (Å²) in [6.45, 7) is -0.299. The molecule has 1 amide bonds. The number of ether oxygens (including phenoxy) is 2. The van der Waals surface area contributed by atoms with Crippen LogP contribution in [0.25, 0.3) is 20.9 Å². The molecular formula is C14H15F2N7O5. The Balaban J connectivity index is 2.22. The predicted molar refractivity (Wildman–Crippen MR) is 88.1 cm³/mol. The van der Waals surface area contributed by atoms with Crippen LogP contribution < -0.4 is 5.32 Å². The summed E-state index contributed by atoms with van der Waals surface area (Å²) in [4.78, 5) is 17.1. The molecule has 150 valence electrons. The van der Waals surface area contributed by atoms with E-state index < -0.39 is 59.4 Å². The molecule has 0 spiro atoms. The van der Waals surface area contributed by atoms with Gasteiger partial charge in [-0.2, -0.15) is 0 Å². The van der Waals surface area contributed by atoms with Gasteiger partial charge in [-0.3, -0.25) is 4.79 Å². The zero-order chi connectivity index (χ0) is 20.8. The number of aliphatic hydroxyl groups is 2. The molecule has 1 aliphatic rings. The fraction of sp³-hybridized carbons (Fsp3) is 0.500. The molecule has 0 aliphatic carbocycles. The second kappa shape index (κ2) is 9.28. The molecule has 0 saturated carbocycles. The molecule has 1 aromatic rings. The largest absolute Gasteiger partial charge is 0.388 e. The normalized spacial score (nSPS) is 26.7. The molecule has 2 rings (SSSR count). The highest BCUT2D eigenvalue weighted by Gasteiger charge is 2.45. The first-order chi connectivity index (χ1) is 13.3. The van der Waals surface area contributed by atoms with Crippen LogP contribution in [-0.2, 0) is 9.47 Å². The van der Waals surface area contributed by atoms with E-state index in [4.69, 9.17) is 20.5 Å². The molecule has 0 bridgehead atoms. The Bertz CT molecular complexity index is 818. The summed E-state index contributed by atoms with van der Waals surface area (Å²) in [5, 5.41) is 28.7. The smallest absolute Gasteiger partial charge is 0.251 e. The maximum Gasteiger partial charge on any atom is 0.251 e. The van der Waals surface area contributed by atoms with E-state index in [-0.39, 0.29) is 6.54 Å². The molecule has 0 radical (unpaired) electrons. The van der Waals surface area contributed by atoms with E-state index in [1.807, 2.05) is 0 Å². The summed E-state index contributed by atoms with van der Waals surface area (Å²) in [7, 11) is 1.20. The van der Waals surface area contributed by atoms with Crippen LogP contribution in [-0.4, -0.2) is 60.4 Å². The second-order valence-corrected chi connectivity index (χ2v) is 5.65. The summed E-state index contributed by atoms with van der Waals surface area (Å²) in [5.74, 6) is -3.54. The van der Waals surface area contributed by atoms with Gasteiger partial charge in [0, 0.05) is 22.5 Å². The molecule has 1 aromatic carbocycles. The van der Waals surface area contributed by atoms with Gasteiger partial charge in [-0.05, 0) is 23.2 Å². The van der Waals surface area contributed by atoms with Crippen molar-refractivity contribution >= 4 is 11.6 Å². The third-order valence-corrected chi connectivity index (χ3v) is 3.98. The van der Waals surface area contributed by atoms with Gasteiger partial charge in [0.2, 0.25) is 0 Å². The number of azide groups is 2. The van der Waals surface area contributed by atoms with Gasteiger partial charge < -0.3 is 25.0 Å². The van der Waals surface area contributed by atoms with Crippen molar-refractivity contribution in [1.82, 2.24) is 5.32 Å². The molecule has 28 heavy (non-hydrogen) atoms. The van der Waals surface area contributed by atoms with Crippen LogP contribution in [0.2, 0.25) is 0 Å². The minimum atomic E-state index is -1.60. The Kier molecular flexibility index (Phi) is 7.06. The van der Waals surface area contributed by atoms with Crippen LogP contribution in [0.1, 0.15) is 10.4 Å². The van der Waals surface area contributed by atoms with E-state index in [9.17, 15) is 23.8 Å². The molecule has 5 atom stereocenters. The number of nitrogens with one attached hydrogen (secondary N) is 1. The van der Waals surface area contributed by atoms with Crippen LogP contribution in [0.3, 0.4) is 0 Å². The first kappa shape index (κ1) is 21.3. The summed E-state index contributed by atoms with van der Waals surface area (Å²) in [6, 6.07) is -0.0276. The van der Waals surface area contributed by atoms with Crippen molar-refractivity contribution in [2.45, 2.75) is 30.6 Å². The third kappa shape index (κ3) is 4.46. The number of carbonyl (C=O) groups is 1. The number of benzene rings is 1. The lowest BCUT2D eigenvalue weighted by Crippen LogP contribution is -2.64. The average molecular weight is 399 g/mol. The van der Waals surface area contributed by atoms with Crippen LogP contribution in [0.4, 0.5) is 14.5 Å². The number of amides is 1. The molecule has 1 aliphatic heterocycles. The first-order valence-electron chi connectivity index (χ1n) is 7.74. The second-order valence-electron chi connectivity index (χ2n) is 5.65. The molecule has 12 nitrogen and oxygen atoms in total. The van der Waals surface area contributed by atoms with Crippen molar-refractivity contribution in [2.75, 3.05) is 13.7 Å². The van der Waals surface area contributed by atoms with Crippen molar-refractivity contribution in [1.29, 1.82) is 0 Å². The van der Waals surface area contributed by atoms with E-state index in [0.717, 1.165) is 0 Å². The van der Waals surface area contributed by atoms with Crippen molar-refractivity contribution in [3.63, 3.8) is 0 Å². The van der Waals surface area contributed by atoms with Crippen molar-refractivity contribution in [3.05, 3.63) is 50.2 Å².